The first-order valence-electron chi connectivity index (χ1n) is 6.57. The molecule has 1 saturated carbocycles. The van der Waals surface area contributed by atoms with Crippen LogP contribution in [0, 0.1) is 5.41 Å². The molecule has 0 radical (unpaired) electrons. The SMILES string of the molecule is NC(=O)C1(C(=O)N2CCC[C@@H](n3cncn3)C2)CC1. The molecule has 102 valence electrons. The minimum absolute atomic E-state index is 0.107. The lowest BCUT2D eigenvalue weighted by atomic mass is 10.00. The first-order chi connectivity index (χ1) is 9.13. The van der Waals surface area contributed by atoms with Gasteiger partial charge in [-0.25, -0.2) is 9.67 Å². The van der Waals surface area contributed by atoms with Crippen LogP contribution in [0.25, 0.3) is 0 Å². The van der Waals surface area contributed by atoms with Crippen molar-refractivity contribution in [2.24, 2.45) is 11.1 Å². The van der Waals surface area contributed by atoms with Crippen LogP contribution in [0.15, 0.2) is 12.7 Å². The Hall–Kier alpha value is -1.92. The number of rotatable bonds is 3. The van der Waals surface area contributed by atoms with E-state index in [1.54, 1.807) is 15.9 Å². The van der Waals surface area contributed by atoms with Crippen molar-refractivity contribution in [1.82, 2.24) is 19.7 Å². The van der Waals surface area contributed by atoms with E-state index in [9.17, 15) is 9.59 Å². The second kappa shape index (κ2) is 4.32. The molecule has 19 heavy (non-hydrogen) atoms. The van der Waals surface area contributed by atoms with Gasteiger partial charge in [0.1, 0.15) is 18.1 Å². The third-order valence-electron chi connectivity index (χ3n) is 4.13. The number of hydrogen-bond acceptors (Lipinski definition) is 4. The summed E-state index contributed by atoms with van der Waals surface area (Å²) in [5.74, 6) is -0.592. The number of likely N-dealkylation sites (tertiary alicyclic amines) is 1. The van der Waals surface area contributed by atoms with E-state index in [2.05, 4.69) is 10.1 Å². The van der Waals surface area contributed by atoms with E-state index >= 15 is 0 Å². The predicted octanol–water partition coefficient (Wildman–Crippen LogP) is -0.293. The minimum Gasteiger partial charge on any atom is -0.369 e. The van der Waals surface area contributed by atoms with Crippen LogP contribution in [0.1, 0.15) is 31.7 Å². The molecule has 2 N–H and O–H groups in total. The Morgan fingerprint density at radius 2 is 2.16 bits per heavy atom. The third kappa shape index (κ3) is 1.98. The van der Waals surface area contributed by atoms with Gasteiger partial charge in [-0.3, -0.25) is 9.59 Å². The second-order valence-electron chi connectivity index (χ2n) is 5.37. The second-order valence-corrected chi connectivity index (χ2v) is 5.37. The number of aromatic nitrogens is 3. The Kier molecular flexibility index (Phi) is 2.76. The summed E-state index contributed by atoms with van der Waals surface area (Å²) in [4.78, 5) is 29.5. The Labute approximate surface area is 110 Å². The minimum atomic E-state index is -0.912. The standard InChI is InChI=1S/C12H17N5O2/c13-10(18)12(3-4-12)11(19)16-5-1-2-9(6-16)17-8-14-7-15-17/h7-9H,1-6H2,(H2,13,18)/t9-/m1/s1. The van der Waals surface area contributed by atoms with Gasteiger partial charge < -0.3 is 10.6 Å². The summed E-state index contributed by atoms with van der Waals surface area (Å²) in [6.07, 6.45) is 6.21. The van der Waals surface area contributed by atoms with Crippen LogP contribution < -0.4 is 5.73 Å². The van der Waals surface area contributed by atoms with Gasteiger partial charge in [-0.2, -0.15) is 5.10 Å². The highest BCUT2D eigenvalue weighted by Crippen LogP contribution is 2.47. The molecule has 1 saturated heterocycles. The van der Waals surface area contributed by atoms with Gasteiger partial charge in [0.25, 0.3) is 0 Å². The number of amides is 2. The van der Waals surface area contributed by atoms with Crippen molar-refractivity contribution in [2.45, 2.75) is 31.7 Å². The first kappa shape index (κ1) is 12.1. The van der Waals surface area contributed by atoms with Crippen molar-refractivity contribution in [3.05, 3.63) is 12.7 Å². The van der Waals surface area contributed by atoms with Crippen molar-refractivity contribution in [3.8, 4) is 0 Å². The maximum absolute atomic E-state index is 12.4. The fraction of sp³-hybridized carbons (Fsp3) is 0.667. The number of nitrogens with two attached hydrogens (primary N) is 1. The number of primary amides is 1. The molecule has 7 heteroatoms. The number of hydrogen-bond donors (Lipinski definition) is 1. The molecular formula is C12H17N5O2. The average molecular weight is 263 g/mol. The van der Waals surface area contributed by atoms with Gasteiger partial charge >= 0.3 is 0 Å². The lowest BCUT2D eigenvalue weighted by Gasteiger charge is -2.34. The van der Waals surface area contributed by atoms with E-state index < -0.39 is 11.3 Å². The summed E-state index contributed by atoms with van der Waals surface area (Å²) in [5.41, 5.74) is 4.44. The van der Waals surface area contributed by atoms with E-state index in [4.69, 9.17) is 5.73 Å². The monoisotopic (exact) mass is 263 g/mol. The summed E-state index contributed by atoms with van der Waals surface area (Å²) >= 11 is 0. The quantitative estimate of drug-likeness (QED) is 0.758. The smallest absolute Gasteiger partial charge is 0.238 e. The Morgan fingerprint density at radius 1 is 1.37 bits per heavy atom. The summed E-state index contributed by atoms with van der Waals surface area (Å²) in [6, 6.07) is 0.142. The zero-order chi connectivity index (χ0) is 13.5. The van der Waals surface area contributed by atoms with Gasteiger partial charge in [0.05, 0.1) is 6.04 Å². The predicted molar refractivity (Wildman–Crippen MR) is 65.7 cm³/mol. The molecule has 2 amide bonds. The molecule has 0 bridgehead atoms. The van der Waals surface area contributed by atoms with Crippen LogP contribution in [0.3, 0.4) is 0 Å². The normalized spacial score (nSPS) is 25.1. The molecule has 2 heterocycles. The molecule has 1 atom stereocenters. The molecule has 1 aromatic rings. The van der Waals surface area contributed by atoms with Crippen molar-refractivity contribution in [1.29, 1.82) is 0 Å². The number of piperidine rings is 1. The van der Waals surface area contributed by atoms with Crippen LogP contribution in [0.2, 0.25) is 0 Å². The summed E-state index contributed by atoms with van der Waals surface area (Å²) in [6.45, 7) is 1.27. The molecule has 3 rings (SSSR count). The molecule has 0 aromatic carbocycles. The average Bonchev–Trinajstić information content (AvgIpc) is 3.06. The van der Waals surface area contributed by atoms with Crippen molar-refractivity contribution in [3.63, 3.8) is 0 Å². The van der Waals surface area contributed by atoms with E-state index in [1.807, 2.05) is 0 Å². The van der Waals surface area contributed by atoms with Gasteiger partial charge in [-0.1, -0.05) is 0 Å². The van der Waals surface area contributed by atoms with E-state index in [0.717, 1.165) is 12.8 Å². The molecule has 1 aliphatic heterocycles. The molecule has 7 nitrogen and oxygen atoms in total. The van der Waals surface area contributed by atoms with E-state index in [1.165, 1.54) is 6.33 Å². The Balaban J connectivity index is 1.72. The lowest BCUT2D eigenvalue weighted by molar-refractivity contribution is -0.144. The molecule has 1 aromatic heterocycles. The number of carbonyl (C=O) groups is 2. The van der Waals surface area contributed by atoms with Crippen molar-refractivity contribution >= 4 is 11.8 Å². The molecule has 2 aliphatic rings. The fourth-order valence-corrected chi connectivity index (χ4v) is 2.75. The Bertz CT molecular complexity index is 494. The van der Waals surface area contributed by atoms with Crippen LogP contribution >= 0.6 is 0 Å². The van der Waals surface area contributed by atoms with Gasteiger partial charge in [0, 0.05) is 13.1 Å². The van der Waals surface area contributed by atoms with Gasteiger partial charge in [-0.05, 0) is 25.7 Å². The largest absolute Gasteiger partial charge is 0.369 e. The van der Waals surface area contributed by atoms with Gasteiger partial charge in [0.15, 0.2) is 0 Å². The maximum Gasteiger partial charge on any atom is 0.238 e. The first-order valence-corrected chi connectivity index (χ1v) is 6.57. The van der Waals surface area contributed by atoms with Crippen molar-refractivity contribution in [2.75, 3.05) is 13.1 Å². The van der Waals surface area contributed by atoms with Crippen LogP contribution in [0.4, 0.5) is 0 Å². The molecule has 1 aliphatic carbocycles. The Morgan fingerprint density at radius 3 is 2.74 bits per heavy atom. The zero-order valence-corrected chi connectivity index (χ0v) is 10.7. The summed E-state index contributed by atoms with van der Waals surface area (Å²) < 4.78 is 1.78. The zero-order valence-electron chi connectivity index (χ0n) is 10.7. The summed E-state index contributed by atoms with van der Waals surface area (Å²) in [5, 5.41) is 4.12. The van der Waals surface area contributed by atoms with Gasteiger partial charge in [0.2, 0.25) is 11.8 Å². The molecule has 2 fully saturated rings. The highest BCUT2D eigenvalue weighted by atomic mass is 16.2. The van der Waals surface area contributed by atoms with Gasteiger partial charge in [-0.15, -0.1) is 0 Å². The number of carbonyl (C=O) groups excluding carboxylic acids is 2. The summed E-state index contributed by atoms with van der Waals surface area (Å²) in [7, 11) is 0. The molecule has 0 spiro atoms. The van der Waals surface area contributed by atoms with Crippen LogP contribution in [-0.2, 0) is 9.59 Å². The fourth-order valence-electron chi connectivity index (χ4n) is 2.75. The molecular weight excluding hydrogens is 246 g/mol. The van der Waals surface area contributed by atoms with E-state index in [-0.39, 0.29) is 11.9 Å². The maximum atomic E-state index is 12.4. The van der Waals surface area contributed by atoms with E-state index in [0.29, 0.717) is 25.9 Å². The lowest BCUT2D eigenvalue weighted by Crippen LogP contribution is -2.47. The van der Waals surface area contributed by atoms with Crippen LogP contribution in [-0.4, -0.2) is 44.6 Å². The third-order valence-corrected chi connectivity index (χ3v) is 4.13. The van der Waals surface area contributed by atoms with Crippen molar-refractivity contribution < 1.29 is 9.59 Å². The molecule has 0 unspecified atom stereocenters. The number of nitrogens with zero attached hydrogens (tertiary/aromatic N) is 4. The van der Waals surface area contributed by atoms with Crippen LogP contribution in [0.5, 0.6) is 0 Å². The topological polar surface area (TPSA) is 94.1 Å². The highest BCUT2D eigenvalue weighted by Gasteiger charge is 2.57. The highest BCUT2D eigenvalue weighted by molar-refractivity contribution is 6.07.